The highest BCUT2D eigenvalue weighted by molar-refractivity contribution is 5.90. The van der Waals surface area contributed by atoms with Gasteiger partial charge < -0.3 is 4.90 Å². The van der Waals surface area contributed by atoms with Gasteiger partial charge in [0.15, 0.2) is 0 Å². The normalized spacial score (nSPS) is 13.7. The topological polar surface area (TPSA) is 20.3 Å². The van der Waals surface area contributed by atoms with E-state index in [-0.39, 0.29) is 11.3 Å². The smallest absolute Gasteiger partial charge is 0.145 e. The van der Waals surface area contributed by atoms with E-state index in [9.17, 15) is 4.79 Å². The third kappa shape index (κ3) is 4.26. The van der Waals surface area contributed by atoms with Crippen molar-refractivity contribution in [1.82, 2.24) is 4.90 Å². The van der Waals surface area contributed by atoms with Crippen LogP contribution in [0.5, 0.6) is 0 Å². The molecule has 0 heterocycles. The molecule has 1 rings (SSSR count). The zero-order valence-corrected chi connectivity index (χ0v) is 12.2. The Balaban J connectivity index is 2.92. The lowest BCUT2D eigenvalue weighted by molar-refractivity contribution is -0.128. The number of hydrogen-bond donors (Lipinski definition) is 0. The Morgan fingerprint density at radius 3 is 2.17 bits per heavy atom. The van der Waals surface area contributed by atoms with Gasteiger partial charge >= 0.3 is 0 Å². The van der Waals surface area contributed by atoms with E-state index in [4.69, 9.17) is 0 Å². The minimum absolute atomic E-state index is 0.00796. The molecule has 100 valence electrons. The van der Waals surface area contributed by atoms with Gasteiger partial charge in [-0.2, -0.15) is 0 Å². The number of hydrogen-bond acceptors (Lipinski definition) is 2. The van der Waals surface area contributed by atoms with Gasteiger partial charge in [0.1, 0.15) is 5.78 Å². The first-order chi connectivity index (χ1) is 8.32. The number of benzene rings is 1. The number of rotatable bonds is 5. The van der Waals surface area contributed by atoms with Crippen LogP contribution in [0.1, 0.15) is 38.7 Å². The fourth-order valence-corrected chi connectivity index (χ4v) is 2.04. The Hall–Kier alpha value is -1.15. The number of nitrogens with zero attached hydrogens (tertiary/aromatic N) is 1. The fraction of sp³-hybridized carbons (Fsp3) is 0.562. The Morgan fingerprint density at radius 1 is 1.17 bits per heavy atom. The second kappa shape index (κ2) is 6.14. The predicted octanol–water partition coefficient (Wildman–Crippen LogP) is 3.34. The number of carbonyl (C=O) groups excluding carboxylic acids is 1. The van der Waals surface area contributed by atoms with Crippen LogP contribution in [-0.4, -0.2) is 31.3 Å². The summed E-state index contributed by atoms with van der Waals surface area (Å²) in [6.45, 7) is 6.93. The number of carbonyl (C=O) groups is 1. The molecule has 2 heteroatoms. The van der Waals surface area contributed by atoms with Crippen molar-refractivity contribution in [2.45, 2.75) is 33.1 Å². The zero-order valence-electron chi connectivity index (χ0n) is 12.2. The first kappa shape index (κ1) is 14.9. The Labute approximate surface area is 111 Å². The van der Waals surface area contributed by atoms with E-state index in [1.807, 2.05) is 53.1 Å². The lowest BCUT2D eigenvalue weighted by Crippen LogP contribution is -2.29. The van der Waals surface area contributed by atoms with Crippen LogP contribution in [0, 0.1) is 5.41 Å². The third-order valence-corrected chi connectivity index (χ3v) is 3.12. The first-order valence-electron chi connectivity index (χ1n) is 6.56. The predicted molar refractivity (Wildman–Crippen MR) is 76.8 cm³/mol. The van der Waals surface area contributed by atoms with Crippen molar-refractivity contribution >= 4 is 5.78 Å². The maximum atomic E-state index is 12.6. The highest BCUT2D eigenvalue weighted by Crippen LogP contribution is 2.29. The van der Waals surface area contributed by atoms with E-state index in [2.05, 4.69) is 17.0 Å². The van der Waals surface area contributed by atoms with Gasteiger partial charge in [0.2, 0.25) is 0 Å². The summed E-state index contributed by atoms with van der Waals surface area (Å²) in [4.78, 5) is 14.7. The highest BCUT2D eigenvalue weighted by Gasteiger charge is 2.30. The Kier molecular flexibility index (Phi) is 5.09. The molecule has 1 unspecified atom stereocenters. The number of ketones is 1. The van der Waals surface area contributed by atoms with Crippen LogP contribution in [0.4, 0.5) is 0 Å². The average molecular weight is 247 g/mol. The molecule has 18 heavy (non-hydrogen) atoms. The van der Waals surface area contributed by atoms with E-state index in [0.717, 1.165) is 18.5 Å². The minimum atomic E-state index is -0.285. The van der Waals surface area contributed by atoms with Crippen molar-refractivity contribution in [3.8, 4) is 0 Å². The molecule has 0 amide bonds. The molecule has 0 aromatic heterocycles. The van der Waals surface area contributed by atoms with Crippen molar-refractivity contribution in [3.05, 3.63) is 35.9 Å². The lowest BCUT2D eigenvalue weighted by Gasteiger charge is -2.26. The molecule has 0 aliphatic carbocycles. The maximum absolute atomic E-state index is 12.6. The van der Waals surface area contributed by atoms with Gasteiger partial charge in [0.25, 0.3) is 0 Å². The lowest BCUT2D eigenvalue weighted by atomic mass is 9.78. The highest BCUT2D eigenvalue weighted by atomic mass is 16.1. The molecule has 0 saturated heterocycles. The fourth-order valence-electron chi connectivity index (χ4n) is 2.04. The molecule has 2 nitrogen and oxygen atoms in total. The van der Waals surface area contributed by atoms with E-state index in [1.54, 1.807) is 0 Å². The van der Waals surface area contributed by atoms with Crippen LogP contribution in [0.2, 0.25) is 0 Å². The van der Waals surface area contributed by atoms with Gasteiger partial charge in [-0.25, -0.2) is 0 Å². The van der Waals surface area contributed by atoms with Crippen molar-refractivity contribution in [3.63, 3.8) is 0 Å². The summed E-state index contributed by atoms with van der Waals surface area (Å²) in [6, 6.07) is 10.1. The van der Waals surface area contributed by atoms with Crippen LogP contribution < -0.4 is 0 Å². The molecule has 0 radical (unpaired) electrons. The van der Waals surface area contributed by atoms with Gasteiger partial charge in [-0.15, -0.1) is 0 Å². The minimum Gasteiger partial charge on any atom is -0.309 e. The monoisotopic (exact) mass is 247 g/mol. The second-order valence-corrected chi connectivity index (χ2v) is 6.17. The van der Waals surface area contributed by atoms with Gasteiger partial charge in [-0.1, -0.05) is 51.1 Å². The molecule has 0 bridgehead atoms. The standard InChI is InChI=1S/C16H25NO/c1-16(2,3)15(18)14(11-12-17(4)5)13-9-7-6-8-10-13/h6-10,14H,11-12H2,1-5H3. The molecular weight excluding hydrogens is 222 g/mol. The molecule has 0 N–H and O–H groups in total. The summed E-state index contributed by atoms with van der Waals surface area (Å²) in [7, 11) is 4.09. The van der Waals surface area contributed by atoms with Crippen LogP contribution in [0.15, 0.2) is 30.3 Å². The van der Waals surface area contributed by atoms with Crippen LogP contribution in [0.25, 0.3) is 0 Å². The Morgan fingerprint density at radius 2 is 1.72 bits per heavy atom. The SMILES string of the molecule is CN(C)CCC(C(=O)C(C)(C)C)c1ccccc1. The quantitative estimate of drug-likeness (QED) is 0.795. The largest absolute Gasteiger partial charge is 0.309 e. The second-order valence-electron chi connectivity index (χ2n) is 6.17. The summed E-state index contributed by atoms with van der Waals surface area (Å²) in [5.74, 6) is 0.337. The van der Waals surface area contributed by atoms with E-state index < -0.39 is 0 Å². The Bertz CT molecular complexity index is 376. The summed E-state index contributed by atoms with van der Waals surface area (Å²) in [6.07, 6.45) is 0.882. The van der Waals surface area contributed by atoms with E-state index >= 15 is 0 Å². The van der Waals surface area contributed by atoms with Crippen molar-refractivity contribution in [1.29, 1.82) is 0 Å². The molecule has 1 aromatic carbocycles. The molecule has 0 spiro atoms. The maximum Gasteiger partial charge on any atom is 0.145 e. The molecule has 1 atom stereocenters. The van der Waals surface area contributed by atoms with Crippen LogP contribution in [-0.2, 0) is 4.79 Å². The summed E-state index contributed by atoms with van der Waals surface area (Å²) < 4.78 is 0. The van der Waals surface area contributed by atoms with Gasteiger partial charge in [-0.3, -0.25) is 4.79 Å². The van der Waals surface area contributed by atoms with Crippen molar-refractivity contribution in [2.75, 3.05) is 20.6 Å². The van der Waals surface area contributed by atoms with E-state index in [1.165, 1.54) is 0 Å². The summed E-state index contributed by atoms with van der Waals surface area (Å²) in [5, 5.41) is 0. The van der Waals surface area contributed by atoms with Crippen molar-refractivity contribution < 1.29 is 4.79 Å². The van der Waals surface area contributed by atoms with Crippen molar-refractivity contribution in [2.24, 2.45) is 5.41 Å². The summed E-state index contributed by atoms with van der Waals surface area (Å²) >= 11 is 0. The van der Waals surface area contributed by atoms with E-state index in [0.29, 0.717) is 5.78 Å². The van der Waals surface area contributed by atoms with Crippen LogP contribution >= 0.6 is 0 Å². The average Bonchev–Trinajstić information content (AvgIpc) is 2.29. The molecule has 0 saturated carbocycles. The molecule has 1 aromatic rings. The first-order valence-corrected chi connectivity index (χ1v) is 6.56. The molecular formula is C16H25NO. The van der Waals surface area contributed by atoms with Crippen LogP contribution in [0.3, 0.4) is 0 Å². The van der Waals surface area contributed by atoms with Gasteiger partial charge in [0, 0.05) is 11.3 Å². The van der Waals surface area contributed by atoms with Gasteiger partial charge in [0.05, 0.1) is 0 Å². The van der Waals surface area contributed by atoms with Gasteiger partial charge in [-0.05, 0) is 32.6 Å². The summed E-state index contributed by atoms with van der Waals surface area (Å²) in [5.41, 5.74) is 0.853. The zero-order chi connectivity index (χ0) is 13.8. The molecule has 0 aliphatic rings. The number of Topliss-reactive ketones (excluding diaryl/α,β-unsaturated/α-hetero) is 1. The third-order valence-electron chi connectivity index (χ3n) is 3.12. The molecule has 0 fully saturated rings. The molecule has 0 aliphatic heterocycles.